The molecule has 2 aromatic rings. The number of rotatable bonds is 2. The van der Waals surface area contributed by atoms with E-state index in [4.69, 9.17) is 34.8 Å². The Balaban J connectivity index is 2.32. The fourth-order valence-corrected chi connectivity index (χ4v) is 2.86. The minimum absolute atomic E-state index is 0.307. The Bertz CT molecular complexity index is 692. The summed E-state index contributed by atoms with van der Waals surface area (Å²) in [6, 6.07) is 8.29. The van der Waals surface area contributed by atoms with Crippen molar-refractivity contribution in [1.82, 2.24) is 0 Å². The highest BCUT2D eigenvalue weighted by molar-refractivity contribution is 9.11. The lowest BCUT2D eigenvalue weighted by molar-refractivity contribution is 0.102. The van der Waals surface area contributed by atoms with Crippen LogP contribution >= 0.6 is 66.7 Å². The van der Waals surface area contributed by atoms with Crippen molar-refractivity contribution < 1.29 is 4.79 Å². The van der Waals surface area contributed by atoms with E-state index in [-0.39, 0.29) is 5.91 Å². The molecule has 0 bridgehead atoms. The van der Waals surface area contributed by atoms with Gasteiger partial charge in [-0.25, -0.2) is 0 Å². The zero-order valence-electron chi connectivity index (χ0n) is 9.68. The molecular formula is C13H6Br2Cl3NO. The Labute approximate surface area is 147 Å². The van der Waals surface area contributed by atoms with Crippen LogP contribution in [-0.2, 0) is 0 Å². The molecule has 0 saturated carbocycles. The van der Waals surface area contributed by atoms with Crippen molar-refractivity contribution in [3.8, 4) is 0 Å². The highest BCUT2D eigenvalue weighted by atomic mass is 79.9. The molecule has 20 heavy (non-hydrogen) atoms. The molecular weight excluding hydrogens is 452 g/mol. The Hall–Kier alpha value is -0.260. The van der Waals surface area contributed by atoms with E-state index in [9.17, 15) is 4.79 Å². The number of benzene rings is 2. The van der Waals surface area contributed by atoms with E-state index < -0.39 is 0 Å². The topological polar surface area (TPSA) is 29.1 Å². The van der Waals surface area contributed by atoms with E-state index in [1.807, 2.05) is 6.07 Å². The summed E-state index contributed by atoms with van der Waals surface area (Å²) in [6.07, 6.45) is 0. The predicted octanol–water partition coefficient (Wildman–Crippen LogP) is 6.42. The molecule has 0 aliphatic rings. The summed E-state index contributed by atoms with van der Waals surface area (Å²) in [7, 11) is 0. The van der Waals surface area contributed by atoms with Crippen LogP contribution in [0.2, 0.25) is 15.1 Å². The summed E-state index contributed by atoms with van der Waals surface area (Å²) in [5.41, 5.74) is 0.874. The molecule has 0 aliphatic heterocycles. The normalized spacial score (nSPS) is 10.4. The van der Waals surface area contributed by atoms with Crippen LogP contribution < -0.4 is 5.32 Å². The molecule has 7 heteroatoms. The van der Waals surface area contributed by atoms with Gasteiger partial charge in [0.1, 0.15) is 0 Å². The van der Waals surface area contributed by atoms with E-state index in [1.165, 1.54) is 12.1 Å². The SMILES string of the molecule is O=C(Nc1cc(Cl)c(Cl)cc1Cl)c1cc(Br)ccc1Br. The maximum absolute atomic E-state index is 12.2. The highest BCUT2D eigenvalue weighted by Gasteiger charge is 2.14. The van der Waals surface area contributed by atoms with Crippen LogP contribution in [0.15, 0.2) is 39.3 Å². The average Bonchev–Trinajstić information content (AvgIpc) is 2.38. The lowest BCUT2D eigenvalue weighted by Crippen LogP contribution is -2.13. The van der Waals surface area contributed by atoms with Crippen LogP contribution in [0.25, 0.3) is 0 Å². The van der Waals surface area contributed by atoms with Crippen molar-refractivity contribution >= 4 is 78.3 Å². The number of hydrogen-bond acceptors (Lipinski definition) is 1. The van der Waals surface area contributed by atoms with Gasteiger partial charge in [-0.3, -0.25) is 4.79 Å². The first-order valence-electron chi connectivity index (χ1n) is 5.29. The Morgan fingerprint density at radius 2 is 1.60 bits per heavy atom. The minimum Gasteiger partial charge on any atom is -0.321 e. The lowest BCUT2D eigenvalue weighted by Gasteiger charge is -2.10. The average molecular weight is 458 g/mol. The van der Waals surface area contributed by atoms with Gasteiger partial charge in [-0.2, -0.15) is 0 Å². The second kappa shape index (κ2) is 6.67. The lowest BCUT2D eigenvalue weighted by atomic mass is 10.2. The van der Waals surface area contributed by atoms with Crippen LogP contribution in [-0.4, -0.2) is 5.91 Å². The van der Waals surface area contributed by atoms with Crippen molar-refractivity contribution in [2.45, 2.75) is 0 Å². The number of amides is 1. The maximum Gasteiger partial charge on any atom is 0.256 e. The number of hydrogen-bond donors (Lipinski definition) is 1. The number of carbonyl (C=O) groups excluding carboxylic acids is 1. The van der Waals surface area contributed by atoms with Gasteiger partial charge in [-0.15, -0.1) is 0 Å². The monoisotopic (exact) mass is 455 g/mol. The van der Waals surface area contributed by atoms with E-state index in [0.29, 0.717) is 30.8 Å². The van der Waals surface area contributed by atoms with Crippen LogP contribution in [0.3, 0.4) is 0 Å². The molecule has 0 heterocycles. The fourth-order valence-electron chi connectivity index (χ4n) is 1.48. The van der Waals surface area contributed by atoms with Crippen molar-refractivity contribution in [3.63, 3.8) is 0 Å². The molecule has 1 N–H and O–H groups in total. The number of carbonyl (C=O) groups is 1. The molecule has 104 valence electrons. The fraction of sp³-hybridized carbons (Fsp3) is 0. The predicted molar refractivity (Wildman–Crippen MR) is 91.3 cm³/mol. The first-order valence-corrected chi connectivity index (χ1v) is 8.01. The third-order valence-corrected chi connectivity index (χ3v) is 4.65. The highest BCUT2D eigenvalue weighted by Crippen LogP contribution is 2.33. The van der Waals surface area contributed by atoms with Crippen molar-refractivity contribution in [1.29, 1.82) is 0 Å². The molecule has 0 radical (unpaired) electrons. The molecule has 2 nitrogen and oxygen atoms in total. The largest absolute Gasteiger partial charge is 0.321 e. The summed E-state index contributed by atoms with van der Waals surface area (Å²) in [5.74, 6) is -0.307. The number of nitrogens with one attached hydrogen (secondary N) is 1. The van der Waals surface area contributed by atoms with Crippen LogP contribution in [0.5, 0.6) is 0 Å². The molecule has 0 spiro atoms. The maximum atomic E-state index is 12.2. The Morgan fingerprint density at radius 3 is 2.30 bits per heavy atom. The second-order valence-electron chi connectivity index (χ2n) is 3.82. The molecule has 0 aliphatic carbocycles. The first-order chi connectivity index (χ1) is 9.38. The molecule has 0 saturated heterocycles. The van der Waals surface area contributed by atoms with E-state index in [0.717, 1.165) is 4.47 Å². The zero-order valence-corrected chi connectivity index (χ0v) is 15.1. The second-order valence-corrected chi connectivity index (χ2v) is 6.82. The third-order valence-electron chi connectivity index (χ3n) is 2.43. The van der Waals surface area contributed by atoms with E-state index in [2.05, 4.69) is 37.2 Å². The summed E-state index contributed by atoms with van der Waals surface area (Å²) in [6.45, 7) is 0. The third kappa shape index (κ3) is 3.68. The van der Waals surface area contributed by atoms with Crippen LogP contribution in [0, 0.1) is 0 Å². The van der Waals surface area contributed by atoms with Gasteiger partial charge in [0, 0.05) is 8.95 Å². The zero-order chi connectivity index (χ0) is 14.9. The quantitative estimate of drug-likeness (QED) is 0.517. The molecule has 1 amide bonds. The van der Waals surface area contributed by atoms with Gasteiger partial charge in [-0.1, -0.05) is 50.7 Å². The van der Waals surface area contributed by atoms with Gasteiger partial charge in [0.05, 0.1) is 26.3 Å². The molecule has 0 fully saturated rings. The summed E-state index contributed by atoms with van der Waals surface area (Å²) in [4.78, 5) is 12.2. The van der Waals surface area contributed by atoms with Crippen molar-refractivity contribution in [2.75, 3.05) is 5.32 Å². The Kier molecular flexibility index (Phi) is 5.37. The standard InChI is InChI=1S/C13H6Br2Cl3NO/c14-6-1-2-8(15)7(3-6)13(20)19-12-5-10(17)9(16)4-11(12)18/h1-5H,(H,19,20). The molecule has 0 unspecified atom stereocenters. The van der Waals surface area contributed by atoms with Gasteiger partial charge in [-0.05, 0) is 46.3 Å². The Morgan fingerprint density at radius 1 is 0.950 bits per heavy atom. The summed E-state index contributed by atoms with van der Waals surface area (Å²) < 4.78 is 1.47. The van der Waals surface area contributed by atoms with Crippen molar-refractivity contribution in [3.05, 3.63) is 59.9 Å². The van der Waals surface area contributed by atoms with E-state index in [1.54, 1.807) is 12.1 Å². The first kappa shape index (κ1) is 16.1. The number of anilines is 1. The summed E-state index contributed by atoms with van der Waals surface area (Å²) >= 11 is 24.4. The van der Waals surface area contributed by atoms with E-state index >= 15 is 0 Å². The molecule has 0 atom stereocenters. The van der Waals surface area contributed by atoms with Crippen LogP contribution in [0.4, 0.5) is 5.69 Å². The summed E-state index contributed by atoms with van der Waals surface area (Å²) in [5, 5.41) is 3.67. The van der Waals surface area contributed by atoms with Gasteiger partial charge >= 0.3 is 0 Å². The molecule has 2 rings (SSSR count). The van der Waals surface area contributed by atoms with Gasteiger partial charge in [0.25, 0.3) is 5.91 Å². The van der Waals surface area contributed by atoms with Gasteiger partial charge < -0.3 is 5.32 Å². The smallest absolute Gasteiger partial charge is 0.256 e. The molecule has 2 aromatic carbocycles. The minimum atomic E-state index is -0.307. The van der Waals surface area contributed by atoms with Crippen molar-refractivity contribution in [2.24, 2.45) is 0 Å². The van der Waals surface area contributed by atoms with Gasteiger partial charge in [0.15, 0.2) is 0 Å². The molecule has 0 aromatic heterocycles. The number of halogens is 5. The van der Waals surface area contributed by atoms with Crippen LogP contribution in [0.1, 0.15) is 10.4 Å². The van der Waals surface area contributed by atoms with Gasteiger partial charge in [0.2, 0.25) is 0 Å².